The molecule has 8 heteroatoms. The highest BCUT2D eigenvalue weighted by Crippen LogP contribution is 2.42. The molecule has 0 radical (unpaired) electrons. The Balaban J connectivity index is 1.94. The summed E-state index contributed by atoms with van der Waals surface area (Å²) in [6, 6.07) is 4.99. The zero-order valence-corrected chi connectivity index (χ0v) is 12.9. The Morgan fingerprint density at radius 1 is 1.23 bits per heavy atom. The van der Waals surface area contributed by atoms with E-state index in [9.17, 15) is 4.79 Å². The van der Waals surface area contributed by atoms with E-state index in [1.165, 1.54) is 0 Å². The number of aliphatic imine (C=N–C) groups is 1. The molecule has 0 saturated heterocycles. The maximum atomic E-state index is 12.5. The molecule has 22 heavy (non-hydrogen) atoms. The first-order valence-electron chi connectivity index (χ1n) is 6.99. The molecule has 1 saturated carbocycles. The third-order valence-electron chi connectivity index (χ3n) is 4.16. The molecule has 2 unspecified atom stereocenters. The molecule has 6 nitrogen and oxygen atoms in total. The lowest BCUT2D eigenvalue weighted by Crippen LogP contribution is -2.39. The second-order valence-electron chi connectivity index (χ2n) is 5.41. The topological polar surface area (TPSA) is 73.0 Å². The highest BCUT2D eigenvalue weighted by molar-refractivity contribution is 6.42. The van der Waals surface area contributed by atoms with Crippen molar-refractivity contribution in [3.8, 4) is 0 Å². The number of halogens is 2. The number of hydrogen-bond acceptors (Lipinski definition) is 5. The zero-order chi connectivity index (χ0) is 15.3. The average Bonchev–Trinajstić information content (AvgIpc) is 2.96. The van der Waals surface area contributed by atoms with Gasteiger partial charge in [-0.15, -0.1) is 0 Å². The number of rotatable bonds is 1. The van der Waals surface area contributed by atoms with Crippen LogP contribution in [0, 0.1) is 5.92 Å². The number of nitrogens with zero attached hydrogens (tertiary/aromatic N) is 5. The molecule has 1 fully saturated rings. The van der Waals surface area contributed by atoms with Gasteiger partial charge in [-0.1, -0.05) is 40.4 Å². The normalized spacial score (nSPS) is 23.7. The van der Waals surface area contributed by atoms with Crippen molar-refractivity contribution in [2.75, 3.05) is 0 Å². The molecule has 0 bridgehead atoms. The molecule has 2 heterocycles. The largest absolute Gasteiger partial charge is 0.299 e. The van der Waals surface area contributed by atoms with Gasteiger partial charge in [0.05, 0.1) is 22.0 Å². The summed E-state index contributed by atoms with van der Waals surface area (Å²) in [7, 11) is 0. The summed E-state index contributed by atoms with van der Waals surface area (Å²) in [5.41, 5.74) is 1.58. The minimum atomic E-state index is -0.392. The van der Waals surface area contributed by atoms with Crippen molar-refractivity contribution in [2.45, 2.75) is 25.3 Å². The van der Waals surface area contributed by atoms with Crippen LogP contribution < -0.4 is 0 Å². The quantitative estimate of drug-likeness (QED) is 0.802. The standard InChI is InChI=1S/C14H11Cl2N5O/c15-8-4-1-3-7(12(8)16)13-11-9(5-2-6-10(11)22)17-14-18-19-20-21(13)14/h1,3-4,11,13H,2,5-6H2. The van der Waals surface area contributed by atoms with Crippen LogP contribution in [0.5, 0.6) is 0 Å². The Labute approximate surface area is 136 Å². The SMILES string of the molecule is O=C1CCCC2=Nc3nnnn3C(c3cccc(Cl)c3Cl)C12. The molecular formula is C14H11Cl2N5O. The Kier molecular flexibility index (Phi) is 3.23. The molecular weight excluding hydrogens is 325 g/mol. The number of carbonyl (C=O) groups is 1. The van der Waals surface area contributed by atoms with Crippen molar-refractivity contribution in [1.82, 2.24) is 20.2 Å². The molecule has 0 spiro atoms. The van der Waals surface area contributed by atoms with Gasteiger partial charge in [-0.05, 0) is 34.9 Å². The van der Waals surface area contributed by atoms with E-state index in [0.717, 1.165) is 24.1 Å². The van der Waals surface area contributed by atoms with Crippen molar-refractivity contribution < 1.29 is 4.79 Å². The lowest BCUT2D eigenvalue weighted by Gasteiger charge is -2.33. The molecule has 2 atom stereocenters. The van der Waals surface area contributed by atoms with Crippen molar-refractivity contribution in [1.29, 1.82) is 0 Å². The number of tetrazole rings is 1. The number of hydrogen-bond donors (Lipinski definition) is 0. The van der Waals surface area contributed by atoms with Gasteiger partial charge in [0.2, 0.25) is 0 Å². The van der Waals surface area contributed by atoms with Crippen LogP contribution in [0.3, 0.4) is 0 Å². The average molecular weight is 336 g/mol. The third kappa shape index (κ3) is 1.98. The van der Waals surface area contributed by atoms with Gasteiger partial charge in [-0.3, -0.25) is 4.79 Å². The van der Waals surface area contributed by atoms with Crippen molar-refractivity contribution in [2.24, 2.45) is 10.9 Å². The molecule has 2 aliphatic rings. The van der Waals surface area contributed by atoms with Gasteiger partial charge in [0.25, 0.3) is 5.95 Å². The lowest BCUT2D eigenvalue weighted by atomic mass is 9.78. The van der Waals surface area contributed by atoms with Crippen molar-refractivity contribution in [3.05, 3.63) is 33.8 Å². The first-order chi connectivity index (χ1) is 10.7. The van der Waals surface area contributed by atoms with Gasteiger partial charge >= 0.3 is 0 Å². The summed E-state index contributed by atoms with van der Waals surface area (Å²) in [6.07, 6.45) is 2.12. The summed E-state index contributed by atoms with van der Waals surface area (Å²) in [6.45, 7) is 0. The summed E-state index contributed by atoms with van der Waals surface area (Å²) in [4.78, 5) is 17.0. The van der Waals surface area contributed by atoms with E-state index >= 15 is 0 Å². The summed E-state index contributed by atoms with van der Waals surface area (Å²) in [5.74, 6) is 0.176. The Morgan fingerprint density at radius 2 is 2.09 bits per heavy atom. The van der Waals surface area contributed by atoms with E-state index in [4.69, 9.17) is 23.2 Å². The first kappa shape index (κ1) is 13.8. The fourth-order valence-electron chi connectivity index (χ4n) is 3.20. The third-order valence-corrected chi connectivity index (χ3v) is 4.99. The minimum absolute atomic E-state index is 0.146. The summed E-state index contributed by atoms with van der Waals surface area (Å²) < 4.78 is 1.56. The Hall–Kier alpha value is -1.79. The molecule has 0 N–H and O–H groups in total. The van der Waals surface area contributed by atoms with Crippen molar-refractivity contribution in [3.63, 3.8) is 0 Å². The maximum Gasteiger partial charge on any atom is 0.269 e. The molecule has 1 aliphatic heterocycles. The van der Waals surface area contributed by atoms with E-state index in [-0.39, 0.29) is 11.7 Å². The molecule has 2 aromatic rings. The molecule has 1 aromatic carbocycles. The molecule has 1 aliphatic carbocycles. The molecule has 112 valence electrons. The van der Waals surface area contributed by atoms with Crippen LogP contribution in [0.15, 0.2) is 23.2 Å². The summed E-state index contributed by atoms with van der Waals surface area (Å²) in [5, 5.41) is 12.5. The van der Waals surface area contributed by atoms with E-state index in [0.29, 0.717) is 22.4 Å². The fraction of sp³-hybridized carbons (Fsp3) is 0.357. The predicted octanol–water partition coefficient (Wildman–Crippen LogP) is 3.02. The number of fused-ring (bicyclic) bond motifs is 2. The van der Waals surface area contributed by atoms with Crippen LogP contribution in [-0.4, -0.2) is 31.7 Å². The first-order valence-corrected chi connectivity index (χ1v) is 7.74. The van der Waals surface area contributed by atoms with Crippen LogP contribution in [0.4, 0.5) is 5.95 Å². The minimum Gasteiger partial charge on any atom is -0.299 e. The highest BCUT2D eigenvalue weighted by Gasteiger charge is 2.42. The van der Waals surface area contributed by atoms with Crippen LogP contribution in [0.2, 0.25) is 10.0 Å². The van der Waals surface area contributed by atoms with Crippen LogP contribution in [0.1, 0.15) is 30.9 Å². The smallest absolute Gasteiger partial charge is 0.269 e. The van der Waals surface area contributed by atoms with E-state index in [2.05, 4.69) is 20.5 Å². The summed E-state index contributed by atoms with van der Waals surface area (Å²) >= 11 is 12.5. The van der Waals surface area contributed by atoms with Crippen molar-refractivity contribution >= 4 is 40.6 Å². The van der Waals surface area contributed by atoms with E-state index < -0.39 is 6.04 Å². The Morgan fingerprint density at radius 3 is 2.95 bits per heavy atom. The number of aromatic nitrogens is 4. The van der Waals surface area contributed by atoms with Gasteiger partial charge in [0.15, 0.2) is 0 Å². The number of ketones is 1. The molecule has 4 rings (SSSR count). The molecule has 0 amide bonds. The van der Waals surface area contributed by atoms with Crippen LogP contribution >= 0.6 is 23.2 Å². The number of Topliss-reactive ketones (excluding diaryl/α,β-unsaturated/α-hetero) is 1. The van der Waals surface area contributed by atoms with E-state index in [1.807, 2.05) is 12.1 Å². The monoisotopic (exact) mass is 335 g/mol. The second kappa shape index (κ2) is 5.14. The molecule has 1 aromatic heterocycles. The number of benzene rings is 1. The van der Waals surface area contributed by atoms with Gasteiger partial charge < -0.3 is 0 Å². The van der Waals surface area contributed by atoms with Crippen LogP contribution in [-0.2, 0) is 4.79 Å². The van der Waals surface area contributed by atoms with Gasteiger partial charge in [-0.25, -0.2) is 9.67 Å². The lowest BCUT2D eigenvalue weighted by molar-refractivity contribution is -0.122. The highest BCUT2D eigenvalue weighted by atomic mass is 35.5. The van der Waals surface area contributed by atoms with Gasteiger partial charge in [0.1, 0.15) is 5.78 Å². The maximum absolute atomic E-state index is 12.5. The van der Waals surface area contributed by atoms with E-state index in [1.54, 1.807) is 10.7 Å². The van der Waals surface area contributed by atoms with Crippen LogP contribution in [0.25, 0.3) is 0 Å². The van der Waals surface area contributed by atoms with Gasteiger partial charge in [0, 0.05) is 12.1 Å². The second-order valence-corrected chi connectivity index (χ2v) is 6.20. The fourth-order valence-corrected chi connectivity index (χ4v) is 3.62. The Bertz CT molecular complexity index is 800. The van der Waals surface area contributed by atoms with Gasteiger partial charge in [-0.2, -0.15) is 0 Å². The number of carbonyl (C=O) groups excluding carboxylic acids is 1. The zero-order valence-electron chi connectivity index (χ0n) is 11.4. The predicted molar refractivity (Wildman–Crippen MR) is 81.9 cm³/mol.